The second-order valence-corrected chi connectivity index (χ2v) is 4.86. The van der Waals surface area contributed by atoms with Gasteiger partial charge in [0.1, 0.15) is 5.82 Å². The maximum Gasteiger partial charge on any atom is 0.306 e. The minimum absolute atomic E-state index is 0.333. The Bertz CT molecular complexity index is 398. The van der Waals surface area contributed by atoms with Gasteiger partial charge < -0.3 is 9.67 Å². The van der Waals surface area contributed by atoms with E-state index in [2.05, 4.69) is 16.5 Å². The number of hydrogen-bond acceptors (Lipinski definition) is 2. The summed E-state index contributed by atoms with van der Waals surface area (Å²) in [6.07, 6.45) is 4.60. The van der Waals surface area contributed by atoms with Crippen LogP contribution in [0.15, 0.2) is 6.20 Å². The van der Waals surface area contributed by atoms with E-state index in [1.54, 1.807) is 6.92 Å². The molecule has 88 valence electrons. The van der Waals surface area contributed by atoms with Gasteiger partial charge in [-0.05, 0) is 12.3 Å². The summed E-state index contributed by atoms with van der Waals surface area (Å²) in [5.41, 5.74) is 1.07. The fourth-order valence-electron chi connectivity index (χ4n) is 2.22. The van der Waals surface area contributed by atoms with Crippen LogP contribution < -0.4 is 0 Å². The number of aliphatic carboxylic acids is 1. The highest BCUT2D eigenvalue weighted by molar-refractivity contribution is 5.69. The van der Waals surface area contributed by atoms with Gasteiger partial charge in [0.15, 0.2) is 0 Å². The average Bonchev–Trinajstić information content (AvgIpc) is 2.60. The molecule has 0 bridgehead atoms. The summed E-state index contributed by atoms with van der Waals surface area (Å²) in [7, 11) is 0. The molecule has 0 fully saturated rings. The second-order valence-electron chi connectivity index (χ2n) is 4.86. The zero-order valence-electron chi connectivity index (χ0n) is 9.81. The second kappa shape index (κ2) is 4.28. The van der Waals surface area contributed by atoms with Gasteiger partial charge in [-0.15, -0.1) is 0 Å². The lowest BCUT2D eigenvalue weighted by Crippen LogP contribution is -2.21. The largest absolute Gasteiger partial charge is 0.481 e. The highest BCUT2D eigenvalue weighted by Gasteiger charge is 2.21. The number of carbonyl (C=O) groups is 1. The third kappa shape index (κ3) is 2.10. The van der Waals surface area contributed by atoms with Crippen LogP contribution in [0, 0.1) is 11.8 Å². The summed E-state index contributed by atoms with van der Waals surface area (Å²) in [4.78, 5) is 15.2. The third-order valence-corrected chi connectivity index (χ3v) is 3.33. The van der Waals surface area contributed by atoms with Crippen molar-refractivity contribution in [1.82, 2.24) is 9.55 Å². The predicted octanol–water partition coefficient (Wildman–Crippen LogP) is 1.73. The highest BCUT2D eigenvalue weighted by atomic mass is 16.4. The summed E-state index contributed by atoms with van der Waals surface area (Å²) >= 11 is 0. The maximum absolute atomic E-state index is 10.8. The minimum atomic E-state index is -0.736. The number of hydrogen-bond donors (Lipinski definition) is 1. The summed E-state index contributed by atoms with van der Waals surface area (Å²) in [5, 5.41) is 8.90. The lowest BCUT2D eigenvalue weighted by molar-refractivity contribution is -0.141. The molecular formula is C12H18N2O2. The normalized spacial score (nSPS) is 21.5. The molecule has 0 aliphatic carbocycles. The topological polar surface area (TPSA) is 55.1 Å². The molecule has 2 atom stereocenters. The number of carboxylic acids is 1. The van der Waals surface area contributed by atoms with Crippen LogP contribution in [0.3, 0.4) is 0 Å². The molecule has 0 amide bonds. The molecule has 4 nitrogen and oxygen atoms in total. The first-order valence-corrected chi connectivity index (χ1v) is 5.84. The van der Waals surface area contributed by atoms with Gasteiger partial charge in [0.25, 0.3) is 0 Å². The van der Waals surface area contributed by atoms with E-state index in [9.17, 15) is 4.79 Å². The predicted molar refractivity (Wildman–Crippen MR) is 60.2 cm³/mol. The van der Waals surface area contributed by atoms with Crippen LogP contribution in [-0.2, 0) is 24.2 Å². The van der Waals surface area contributed by atoms with Crippen LogP contribution in [0.4, 0.5) is 0 Å². The van der Waals surface area contributed by atoms with Gasteiger partial charge in [-0.25, -0.2) is 4.98 Å². The first-order valence-electron chi connectivity index (χ1n) is 5.84. The van der Waals surface area contributed by atoms with Gasteiger partial charge >= 0.3 is 5.97 Å². The Hall–Kier alpha value is -1.32. The fraction of sp³-hybridized carbons (Fsp3) is 0.667. The van der Waals surface area contributed by atoms with Crippen LogP contribution in [-0.4, -0.2) is 20.6 Å². The standard InChI is InChI=1S/C12H18N2O2/c1-8-3-4-14-10(6-9(2)12(15)16)7-13-11(14)5-8/h7-9H,3-6H2,1-2H3,(H,15,16). The summed E-state index contributed by atoms with van der Waals surface area (Å²) in [6.45, 7) is 4.96. The zero-order valence-corrected chi connectivity index (χ0v) is 9.81. The summed E-state index contributed by atoms with van der Waals surface area (Å²) in [5.74, 6) is 0.742. The first kappa shape index (κ1) is 11.2. The molecule has 0 spiro atoms. The molecule has 4 heteroatoms. The molecule has 2 rings (SSSR count). The van der Waals surface area contributed by atoms with E-state index < -0.39 is 5.97 Å². The van der Waals surface area contributed by atoms with Gasteiger partial charge in [-0.1, -0.05) is 13.8 Å². The van der Waals surface area contributed by atoms with Gasteiger partial charge in [-0.3, -0.25) is 4.79 Å². The Morgan fingerprint density at radius 3 is 3.19 bits per heavy atom. The Kier molecular flexibility index (Phi) is 2.99. The van der Waals surface area contributed by atoms with Crippen LogP contribution in [0.2, 0.25) is 0 Å². The van der Waals surface area contributed by atoms with Crippen LogP contribution in [0.25, 0.3) is 0 Å². The van der Waals surface area contributed by atoms with E-state index in [4.69, 9.17) is 5.11 Å². The molecule has 1 aromatic heterocycles. The van der Waals surface area contributed by atoms with Crippen LogP contribution >= 0.6 is 0 Å². The fourth-order valence-corrected chi connectivity index (χ4v) is 2.22. The lowest BCUT2D eigenvalue weighted by atomic mass is 9.99. The van der Waals surface area contributed by atoms with Crippen molar-refractivity contribution in [2.75, 3.05) is 0 Å². The van der Waals surface area contributed by atoms with E-state index >= 15 is 0 Å². The van der Waals surface area contributed by atoms with Crippen molar-refractivity contribution in [2.24, 2.45) is 11.8 Å². The molecule has 1 N–H and O–H groups in total. The van der Waals surface area contributed by atoms with E-state index in [0.29, 0.717) is 12.3 Å². The molecule has 0 radical (unpaired) electrons. The number of aromatic nitrogens is 2. The minimum Gasteiger partial charge on any atom is -0.481 e. The van der Waals surface area contributed by atoms with Crippen molar-refractivity contribution < 1.29 is 9.90 Å². The smallest absolute Gasteiger partial charge is 0.306 e. The molecule has 2 heterocycles. The molecule has 1 aromatic rings. The van der Waals surface area contributed by atoms with Gasteiger partial charge in [0.2, 0.25) is 0 Å². The van der Waals surface area contributed by atoms with E-state index in [1.807, 2.05) is 6.20 Å². The SMILES string of the molecule is CC1CCn2c(CC(C)C(=O)O)cnc2C1. The molecule has 1 aliphatic heterocycles. The van der Waals surface area contributed by atoms with Crippen molar-refractivity contribution in [1.29, 1.82) is 0 Å². The summed E-state index contributed by atoms with van der Waals surface area (Å²) in [6, 6.07) is 0. The van der Waals surface area contributed by atoms with Crippen LogP contribution in [0.5, 0.6) is 0 Å². The van der Waals surface area contributed by atoms with Crippen molar-refractivity contribution in [2.45, 2.75) is 39.7 Å². The van der Waals surface area contributed by atoms with Crippen molar-refractivity contribution in [3.63, 3.8) is 0 Å². The van der Waals surface area contributed by atoms with Gasteiger partial charge in [0.05, 0.1) is 5.92 Å². The third-order valence-electron chi connectivity index (χ3n) is 3.33. The summed E-state index contributed by atoms with van der Waals surface area (Å²) < 4.78 is 2.19. The zero-order chi connectivity index (χ0) is 11.7. The molecule has 1 aliphatic rings. The lowest BCUT2D eigenvalue weighted by Gasteiger charge is -2.22. The molecule has 0 saturated heterocycles. The number of carboxylic acid groups (broad SMARTS) is 1. The number of nitrogens with zero attached hydrogens (tertiary/aromatic N) is 2. The Labute approximate surface area is 95.3 Å². The Balaban J connectivity index is 2.15. The molecular weight excluding hydrogens is 204 g/mol. The van der Waals surface area contributed by atoms with Crippen molar-refractivity contribution in [3.8, 4) is 0 Å². The van der Waals surface area contributed by atoms with E-state index in [1.165, 1.54) is 0 Å². The number of fused-ring (bicyclic) bond motifs is 1. The highest BCUT2D eigenvalue weighted by Crippen LogP contribution is 2.22. The van der Waals surface area contributed by atoms with Crippen LogP contribution in [0.1, 0.15) is 31.8 Å². The Morgan fingerprint density at radius 1 is 1.75 bits per heavy atom. The maximum atomic E-state index is 10.8. The molecule has 0 aromatic carbocycles. The molecule has 0 saturated carbocycles. The number of rotatable bonds is 3. The average molecular weight is 222 g/mol. The van der Waals surface area contributed by atoms with Crippen molar-refractivity contribution in [3.05, 3.63) is 17.7 Å². The van der Waals surface area contributed by atoms with E-state index in [-0.39, 0.29) is 5.92 Å². The quantitative estimate of drug-likeness (QED) is 0.847. The number of imidazole rings is 1. The Morgan fingerprint density at radius 2 is 2.50 bits per heavy atom. The first-order chi connectivity index (χ1) is 7.58. The monoisotopic (exact) mass is 222 g/mol. The molecule has 2 unspecified atom stereocenters. The molecule has 16 heavy (non-hydrogen) atoms. The van der Waals surface area contributed by atoms with Crippen molar-refractivity contribution >= 4 is 5.97 Å². The van der Waals surface area contributed by atoms with Gasteiger partial charge in [0, 0.05) is 31.3 Å². The van der Waals surface area contributed by atoms with Gasteiger partial charge in [-0.2, -0.15) is 0 Å². The van der Waals surface area contributed by atoms with E-state index in [0.717, 1.165) is 30.9 Å².